The maximum atomic E-state index is 6.00. The Kier molecular flexibility index (Phi) is 5.14. The zero-order valence-electron chi connectivity index (χ0n) is 15.0. The van der Waals surface area contributed by atoms with Gasteiger partial charge >= 0.3 is 0 Å². The second kappa shape index (κ2) is 7.48. The van der Waals surface area contributed by atoms with Crippen LogP contribution in [0.25, 0.3) is 11.0 Å². The zero-order valence-corrected chi connectivity index (χ0v) is 15.0. The van der Waals surface area contributed by atoms with Crippen molar-refractivity contribution < 1.29 is 0 Å². The number of hydrogen-bond donors (Lipinski definition) is 2. The molecule has 0 aliphatic carbocycles. The maximum absolute atomic E-state index is 6.00. The Balaban J connectivity index is 1.72. The minimum absolute atomic E-state index is 0.441. The highest BCUT2D eigenvalue weighted by molar-refractivity contribution is 5.86. The first-order chi connectivity index (χ1) is 12.1. The summed E-state index contributed by atoms with van der Waals surface area (Å²) in [6, 6.07) is 8.58. The van der Waals surface area contributed by atoms with Crippen LogP contribution in [0, 0.1) is 0 Å². The fourth-order valence-electron chi connectivity index (χ4n) is 2.85. The predicted molar refractivity (Wildman–Crippen MR) is 101 cm³/mol. The van der Waals surface area contributed by atoms with Crippen LogP contribution in [0.2, 0.25) is 0 Å². The van der Waals surface area contributed by atoms with E-state index in [9.17, 15) is 0 Å². The number of nitrogens with two attached hydrogens (primary N) is 1. The van der Waals surface area contributed by atoms with E-state index in [4.69, 9.17) is 5.73 Å². The Bertz CT molecular complexity index is 852. The minimum atomic E-state index is 0.441. The number of nitrogens with one attached hydrogen (secondary N) is 1. The van der Waals surface area contributed by atoms with Crippen LogP contribution in [0.3, 0.4) is 0 Å². The number of aromatic nitrogens is 4. The standard InChI is InChI=1S/C18H25N7/c1-4-25(5-2)12-14-8-6-7-13(9-14)10-20-18-22-16(19)15-11-21-24(3)17(15)23-18/h6-9,11H,4-5,10,12H2,1-3H3,(H3,19,20,22,23). The Morgan fingerprint density at radius 3 is 2.68 bits per heavy atom. The van der Waals surface area contributed by atoms with Crippen molar-refractivity contribution in [2.75, 3.05) is 24.1 Å². The zero-order chi connectivity index (χ0) is 17.8. The van der Waals surface area contributed by atoms with Gasteiger partial charge < -0.3 is 11.1 Å². The third kappa shape index (κ3) is 3.88. The molecular weight excluding hydrogens is 314 g/mol. The van der Waals surface area contributed by atoms with Crippen LogP contribution in [-0.4, -0.2) is 37.7 Å². The molecule has 3 rings (SSSR count). The molecule has 2 aromatic heterocycles. The van der Waals surface area contributed by atoms with E-state index in [0.29, 0.717) is 18.3 Å². The van der Waals surface area contributed by atoms with E-state index in [2.05, 4.69) is 63.4 Å². The molecule has 0 amide bonds. The van der Waals surface area contributed by atoms with Gasteiger partial charge in [0, 0.05) is 20.1 Å². The maximum Gasteiger partial charge on any atom is 0.226 e. The van der Waals surface area contributed by atoms with Crippen LogP contribution in [0.1, 0.15) is 25.0 Å². The molecule has 0 fully saturated rings. The Labute approximate surface area is 147 Å². The van der Waals surface area contributed by atoms with E-state index >= 15 is 0 Å². The van der Waals surface area contributed by atoms with E-state index in [1.54, 1.807) is 10.9 Å². The predicted octanol–water partition coefficient (Wildman–Crippen LogP) is 2.40. The number of fused-ring (bicyclic) bond motifs is 1. The topological polar surface area (TPSA) is 84.9 Å². The van der Waals surface area contributed by atoms with Gasteiger partial charge in [0.1, 0.15) is 5.82 Å². The van der Waals surface area contributed by atoms with Crippen molar-refractivity contribution in [2.45, 2.75) is 26.9 Å². The Morgan fingerprint density at radius 1 is 1.16 bits per heavy atom. The van der Waals surface area contributed by atoms with Gasteiger partial charge in [0.15, 0.2) is 5.65 Å². The lowest BCUT2D eigenvalue weighted by Gasteiger charge is -2.18. The molecular formula is C18H25N7. The highest BCUT2D eigenvalue weighted by Crippen LogP contribution is 2.19. The van der Waals surface area contributed by atoms with E-state index in [1.807, 2.05) is 7.05 Å². The molecule has 0 bridgehead atoms. The molecule has 7 nitrogen and oxygen atoms in total. The number of nitrogen functional groups attached to an aromatic ring is 1. The van der Waals surface area contributed by atoms with Gasteiger partial charge in [-0.2, -0.15) is 15.1 Å². The molecule has 3 aromatic rings. The number of aryl methyl sites for hydroxylation is 1. The number of benzene rings is 1. The molecule has 1 aromatic carbocycles. The van der Waals surface area contributed by atoms with Crippen molar-refractivity contribution >= 4 is 22.8 Å². The summed E-state index contributed by atoms with van der Waals surface area (Å²) in [6.45, 7) is 8.09. The van der Waals surface area contributed by atoms with E-state index < -0.39 is 0 Å². The molecule has 3 N–H and O–H groups in total. The second-order valence-corrected chi connectivity index (χ2v) is 6.07. The van der Waals surface area contributed by atoms with Gasteiger partial charge in [-0.25, -0.2) is 0 Å². The summed E-state index contributed by atoms with van der Waals surface area (Å²) < 4.78 is 1.70. The van der Waals surface area contributed by atoms with Crippen LogP contribution >= 0.6 is 0 Å². The molecule has 7 heteroatoms. The molecule has 2 heterocycles. The fourth-order valence-corrected chi connectivity index (χ4v) is 2.85. The molecule has 0 saturated carbocycles. The summed E-state index contributed by atoms with van der Waals surface area (Å²) in [6.07, 6.45) is 1.69. The van der Waals surface area contributed by atoms with E-state index in [-0.39, 0.29) is 0 Å². The first-order valence-electron chi connectivity index (χ1n) is 8.60. The van der Waals surface area contributed by atoms with Gasteiger partial charge in [0.05, 0.1) is 11.6 Å². The number of nitrogens with zero attached hydrogens (tertiary/aromatic N) is 5. The van der Waals surface area contributed by atoms with Crippen molar-refractivity contribution in [3.63, 3.8) is 0 Å². The van der Waals surface area contributed by atoms with Crippen molar-refractivity contribution in [1.82, 2.24) is 24.6 Å². The smallest absolute Gasteiger partial charge is 0.226 e. The van der Waals surface area contributed by atoms with Crippen LogP contribution in [0.5, 0.6) is 0 Å². The molecule has 132 valence electrons. The average Bonchev–Trinajstić information content (AvgIpc) is 3.00. The largest absolute Gasteiger partial charge is 0.383 e. The molecule has 0 saturated heterocycles. The van der Waals surface area contributed by atoms with Crippen molar-refractivity contribution in [2.24, 2.45) is 7.05 Å². The van der Waals surface area contributed by atoms with E-state index in [1.165, 1.54) is 11.1 Å². The summed E-state index contributed by atoms with van der Waals surface area (Å²) >= 11 is 0. The molecule has 0 aliphatic rings. The molecule has 0 atom stereocenters. The van der Waals surface area contributed by atoms with Crippen LogP contribution < -0.4 is 11.1 Å². The molecule has 25 heavy (non-hydrogen) atoms. The van der Waals surface area contributed by atoms with Gasteiger partial charge in [0.2, 0.25) is 5.95 Å². The lowest BCUT2D eigenvalue weighted by atomic mass is 10.1. The summed E-state index contributed by atoms with van der Waals surface area (Å²) in [5.41, 5.74) is 9.23. The van der Waals surface area contributed by atoms with Crippen molar-refractivity contribution in [1.29, 1.82) is 0 Å². The quantitative estimate of drug-likeness (QED) is 0.687. The van der Waals surface area contributed by atoms with Gasteiger partial charge in [-0.15, -0.1) is 0 Å². The van der Waals surface area contributed by atoms with Crippen LogP contribution in [0.4, 0.5) is 11.8 Å². The minimum Gasteiger partial charge on any atom is -0.383 e. The van der Waals surface area contributed by atoms with Crippen LogP contribution in [0.15, 0.2) is 30.5 Å². The lowest BCUT2D eigenvalue weighted by molar-refractivity contribution is 0.296. The average molecular weight is 339 g/mol. The van der Waals surface area contributed by atoms with Gasteiger partial charge in [0.25, 0.3) is 0 Å². The normalized spacial score (nSPS) is 11.4. The number of rotatable bonds is 7. The van der Waals surface area contributed by atoms with Gasteiger partial charge in [-0.3, -0.25) is 9.58 Å². The SMILES string of the molecule is CCN(CC)Cc1cccc(CNc2nc(N)c3cnn(C)c3n2)c1. The summed E-state index contributed by atoms with van der Waals surface area (Å²) in [5, 5.41) is 8.21. The lowest BCUT2D eigenvalue weighted by Crippen LogP contribution is -2.22. The van der Waals surface area contributed by atoms with E-state index in [0.717, 1.165) is 30.7 Å². The Morgan fingerprint density at radius 2 is 1.92 bits per heavy atom. The van der Waals surface area contributed by atoms with Gasteiger partial charge in [-0.1, -0.05) is 38.1 Å². The Hall–Kier alpha value is -2.67. The highest BCUT2D eigenvalue weighted by Gasteiger charge is 2.09. The molecule has 0 unspecified atom stereocenters. The number of anilines is 2. The van der Waals surface area contributed by atoms with Gasteiger partial charge in [-0.05, 0) is 24.2 Å². The molecule has 0 radical (unpaired) electrons. The molecule has 0 spiro atoms. The second-order valence-electron chi connectivity index (χ2n) is 6.07. The summed E-state index contributed by atoms with van der Waals surface area (Å²) in [4.78, 5) is 11.2. The van der Waals surface area contributed by atoms with Crippen molar-refractivity contribution in [3.05, 3.63) is 41.6 Å². The third-order valence-corrected chi connectivity index (χ3v) is 4.36. The van der Waals surface area contributed by atoms with Crippen molar-refractivity contribution in [3.8, 4) is 0 Å². The monoisotopic (exact) mass is 339 g/mol. The molecule has 0 aliphatic heterocycles. The fraction of sp³-hybridized carbons (Fsp3) is 0.389. The third-order valence-electron chi connectivity index (χ3n) is 4.36. The summed E-state index contributed by atoms with van der Waals surface area (Å²) in [5.74, 6) is 0.957. The van der Waals surface area contributed by atoms with Crippen LogP contribution in [-0.2, 0) is 20.1 Å². The first-order valence-corrected chi connectivity index (χ1v) is 8.60. The summed E-state index contributed by atoms with van der Waals surface area (Å²) in [7, 11) is 1.84. The highest BCUT2D eigenvalue weighted by atomic mass is 15.3. The number of hydrogen-bond acceptors (Lipinski definition) is 6. The first kappa shape index (κ1) is 17.2.